The summed E-state index contributed by atoms with van der Waals surface area (Å²) in [5.74, 6) is 1.34. The summed E-state index contributed by atoms with van der Waals surface area (Å²) >= 11 is 0. The van der Waals surface area contributed by atoms with Gasteiger partial charge in [-0.2, -0.15) is 5.10 Å². The molecule has 0 spiro atoms. The topological polar surface area (TPSA) is 93.3 Å². The molecule has 8 nitrogen and oxygen atoms in total. The number of carbonyl (C=O) groups is 1. The largest absolute Gasteiger partial charge is 0.341 e. The Labute approximate surface area is 122 Å². The summed E-state index contributed by atoms with van der Waals surface area (Å²) < 4.78 is 1.34. The molecule has 3 heterocycles. The lowest BCUT2D eigenvalue weighted by Gasteiger charge is -2.20. The van der Waals surface area contributed by atoms with E-state index in [9.17, 15) is 14.9 Å². The molecule has 2 atom stereocenters. The molecule has 2 saturated heterocycles. The van der Waals surface area contributed by atoms with Crippen LogP contribution in [0.25, 0.3) is 0 Å². The second-order valence-electron chi connectivity index (χ2n) is 5.79. The molecule has 0 aliphatic carbocycles. The highest BCUT2D eigenvalue weighted by Crippen LogP contribution is 2.27. The smallest absolute Gasteiger partial charge is 0.307 e. The first-order valence-electron chi connectivity index (χ1n) is 7.29. The maximum Gasteiger partial charge on any atom is 0.307 e. The van der Waals surface area contributed by atoms with E-state index in [2.05, 4.69) is 10.4 Å². The van der Waals surface area contributed by atoms with Gasteiger partial charge in [0.1, 0.15) is 18.9 Å². The van der Waals surface area contributed by atoms with Gasteiger partial charge in [0, 0.05) is 13.1 Å². The van der Waals surface area contributed by atoms with Gasteiger partial charge in [-0.3, -0.25) is 19.6 Å². The van der Waals surface area contributed by atoms with Crippen molar-refractivity contribution in [2.45, 2.75) is 19.4 Å². The number of aromatic nitrogens is 2. The Morgan fingerprint density at radius 1 is 1.38 bits per heavy atom. The second-order valence-corrected chi connectivity index (χ2v) is 5.79. The van der Waals surface area contributed by atoms with Crippen LogP contribution in [0.4, 0.5) is 5.69 Å². The van der Waals surface area contributed by atoms with Crippen molar-refractivity contribution < 1.29 is 9.72 Å². The minimum absolute atomic E-state index is 0.0130. The third-order valence-electron chi connectivity index (χ3n) is 4.50. The number of hydrogen-bond acceptors (Lipinski definition) is 5. The third-order valence-corrected chi connectivity index (χ3v) is 4.50. The molecule has 2 fully saturated rings. The molecule has 1 amide bonds. The van der Waals surface area contributed by atoms with Gasteiger partial charge in [-0.05, 0) is 37.8 Å². The van der Waals surface area contributed by atoms with Gasteiger partial charge in [-0.1, -0.05) is 0 Å². The number of fused-ring (bicyclic) bond motifs is 1. The van der Waals surface area contributed by atoms with Gasteiger partial charge < -0.3 is 10.2 Å². The number of nitrogens with zero attached hydrogens (tertiary/aromatic N) is 4. The molecular weight excluding hydrogens is 274 g/mol. The SMILES string of the molecule is O=C(Cn1cc([N+](=O)[O-])cn1)N1CC[C@@H]2CNC[C@@H]2CC1. The summed E-state index contributed by atoms with van der Waals surface area (Å²) in [5.41, 5.74) is -0.0840. The van der Waals surface area contributed by atoms with E-state index < -0.39 is 4.92 Å². The number of nitro groups is 1. The molecule has 1 aromatic rings. The van der Waals surface area contributed by atoms with E-state index in [4.69, 9.17) is 0 Å². The van der Waals surface area contributed by atoms with Crippen LogP contribution in [0, 0.1) is 22.0 Å². The number of carbonyl (C=O) groups excluding carboxylic acids is 1. The van der Waals surface area contributed by atoms with Crippen molar-refractivity contribution in [1.82, 2.24) is 20.0 Å². The lowest BCUT2D eigenvalue weighted by molar-refractivity contribution is -0.385. The third kappa shape index (κ3) is 3.05. The lowest BCUT2D eigenvalue weighted by atomic mass is 9.92. The molecule has 0 saturated carbocycles. The average molecular weight is 293 g/mol. The van der Waals surface area contributed by atoms with Gasteiger partial charge in [-0.15, -0.1) is 0 Å². The standard InChI is InChI=1S/C13H19N5O3/c19-13(9-17-8-12(7-15-17)18(20)21)16-3-1-10-5-14-6-11(10)2-4-16/h7-8,10-11,14H,1-6,9H2/t10-,11+. The van der Waals surface area contributed by atoms with Crippen LogP contribution in [0.1, 0.15) is 12.8 Å². The van der Waals surface area contributed by atoms with Gasteiger partial charge in [0.2, 0.25) is 5.91 Å². The fraction of sp³-hybridized carbons (Fsp3) is 0.692. The molecule has 1 N–H and O–H groups in total. The molecule has 0 unspecified atom stereocenters. The second kappa shape index (κ2) is 5.80. The molecule has 0 radical (unpaired) electrons. The van der Waals surface area contributed by atoms with Gasteiger partial charge in [-0.25, -0.2) is 0 Å². The van der Waals surface area contributed by atoms with E-state index in [0.717, 1.165) is 39.0 Å². The molecule has 0 bridgehead atoms. The maximum atomic E-state index is 12.3. The number of amides is 1. The quantitative estimate of drug-likeness (QED) is 0.637. The monoisotopic (exact) mass is 293 g/mol. The van der Waals surface area contributed by atoms with Crippen LogP contribution in [0.15, 0.2) is 12.4 Å². The van der Waals surface area contributed by atoms with Gasteiger partial charge >= 0.3 is 5.69 Å². The van der Waals surface area contributed by atoms with E-state index in [1.807, 2.05) is 4.90 Å². The maximum absolute atomic E-state index is 12.3. The molecular formula is C13H19N5O3. The Morgan fingerprint density at radius 2 is 2.05 bits per heavy atom. The normalized spacial score (nSPS) is 25.4. The first-order valence-corrected chi connectivity index (χ1v) is 7.29. The fourth-order valence-corrected chi connectivity index (χ4v) is 3.24. The minimum Gasteiger partial charge on any atom is -0.341 e. The van der Waals surface area contributed by atoms with Crippen molar-refractivity contribution in [2.24, 2.45) is 11.8 Å². The number of hydrogen-bond donors (Lipinski definition) is 1. The van der Waals surface area contributed by atoms with Crippen molar-refractivity contribution in [1.29, 1.82) is 0 Å². The predicted octanol–water partition coefficient (Wildman–Crippen LogP) is 0.249. The molecule has 2 aliphatic heterocycles. The van der Waals surface area contributed by atoms with E-state index in [-0.39, 0.29) is 18.1 Å². The zero-order chi connectivity index (χ0) is 14.8. The van der Waals surface area contributed by atoms with Crippen LogP contribution >= 0.6 is 0 Å². The molecule has 2 aliphatic rings. The van der Waals surface area contributed by atoms with Crippen LogP contribution < -0.4 is 5.32 Å². The Bertz CT molecular complexity index is 530. The number of likely N-dealkylation sites (tertiary alicyclic amines) is 1. The Kier molecular flexibility index (Phi) is 3.87. The van der Waals surface area contributed by atoms with Crippen LogP contribution in [0.2, 0.25) is 0 Å². The van der Waals surface area contributed by atoms with Crippen molar-refractivity contribution in [2.75, 3.05) is 26.2 Å². The van der Waals surface area contributed by atoms with E-state index in [1.165, 1.54) is 17.1 Å². The summed E-state index contributed by atoms with van der Waals surface area (Å²) in [4.78, 5) is 24.3. The van der Waals surface area contributed by atoms with Crippen molar-refractivity contribution in [3.63, 3.8) is 0 Å². The predicted molar refractivity (Wildman–Crippen MR) is 74.5 cm³/mol. The number of nitrogens with one attached hydrogen (secondary N) is 1. The summed E-state index contributed by atoms with van der Waals surface area (Å²) in [7, 11) is 0. The average Bonchev–Trinajstić information content (AvgIpc) is 3.05. The Morgan fingerprint density at radius 3 is 2.62 bits per heavy atom. The van der Waals surface area contributed by atoms with E-state index in [1.54, 1.807) is 0 Å². The molecule has 8 heteroatoms. The zero-order valence-electron chi connectivity index (χ0n) is 11.8. The summed E-state index contributed by atoms with van der Waals surface area (Å²) in [5, 5.41) is 17.9. The van der Waals surface area contributed by atoms with Gasteiger partial charge in [0.05, 0.1) is 4.92 Å². The van der Waals surface area contributed by atoms with Crippen molar-refractivity contribution >= 4 is 11.6 Å². The van der Waals surface area contributed by atoms with Crippen LogP contribution in [0.5, 0.6) is 0 Å². The van der Waals surface area contributed by atoms with E-state index >= 15 is 0 Å². The first kappa shape index (κ1) is 14.0. The Balaban J connectivity index is 1.58. The van der Waals surface area contributed by atoms with Crippen molar-refractivity contribution in [3.05, 3.63) is 22.5 Å². The fourth-order valence-electron chi connectivity index (χ4n) is 3.24. The minimum atomic E-state index is -0.506. The van der Waals surface area contributed by atoms with Gasteiger partial charge in [0.25, 0.3) is 0 Å². The summed E-state index contributed by atoms with van der Waals surface area (Å²) in [6.45, 7) is 3.72. The first-order chi connectivity index (χ1) is 10.1. The molecule has 114 valence electrons. The van der Waals surface area contributed by atoms with Crippen LogP contribution in [-0.4, -0.2) is 51.7 Å². The molecule has 0 aromatic carbocycles. The van der Waals surface area contributed by atoms with Crippen LogP contribution in [-0.2, 0) is 11.3 Å². The molecule has 1 aromatic heterocycles. The molecule has 3 rings (SSSR count). The molecule has 21 heavy (non-hydrogen) atoms. The highest BCUT2D eigenvalue weighted by molar-refractivity contribution is 5.76. The zero-order valence-corrected chi connectivity index (χ0v) is 11.8. The van der Waals surface area contributed by atoms with E-state index in [0.29, 0.717) is 11.8 Å². The van der Waals surface area contributed by atoms with Crippen molar-refractivity contribution in [3.8, 4) is 0 Å². The highest BCUT2D eigenvalue weighted by atomic mass is 16.6. The Hall–Kier alpha value is -1.96. The van der Waals surface area contributed by atoms with Gasteiger partial charge in [0.15, 0.2) is 0 Å². The van der Waals surface area contributed by atoms with Crippen LogP contribution in [0.3, 0.4) is 0 Å². The summed E-state index contributed by atoms with van der Waals surface area (Å²) in [6, 6.07) is 0. The number of rotatable bonds is 3. The lowest BCUT2D eigenvalue weighted by Crippen LogP contribution is -2.35. The summed E-state index contributed by atoms with van der Waals surface area (Å²) in [6.07, 6.45) is 4.53. The highest BCUT2D eigenvalue weighted by Gasteiger charge is 2.31.